The lowest BCUT2D eigenvalue weighted by Gasteiger charge is -2.20. The molecule has 0 unspecified atom stereocenters. The van der Waals surface area contributed by atoms with Gasteiger partial charge in [-0.1, -0.05) is 19.1 Å². The van der Waals surface area contributed by atoms with Crippen molar-refractivity contribution in [3.63, 3.8) is 0 Å². The van der Waals surface area contributed by atoms with Crippen LogP contribution in [0.2, 0.25) is 0 Å². The summed E-state index contributed by atoms with van der Waals surface area (Å²) in [5.41, 5.74) is 4.10. The van der Waals surface area contributed by atoms with Gasteiger partial charge in [-0.3, -0.25) is 18.9 Å². The number of pyridine rings is 2. The summed E-state index contributed by atoms with van der Waals surface area (Å²) in [6, 6.07) is 10.6. The molecule has 1 amide bonds. The van der Waals surface area contributed by atoms with E-state index in [4.69, 9.17) is 0 Å². The molecule has 0 aliphatic carbocycles. The van der Waals surface area contributed by atoms with E-state index < -0.39 is 30.4 Å². The zero-order valence-electron chi connectivity index (χ0n) is 20.0. The number of aromatic nitrogens is 5. The maximum absolute atomic E-state index is 13.5. The highest BCUT2D eigenvalue weighted by Crippen LogP contribution is 2.26. The van der Waals surface area contributed by atoms with Crippen LogP contribution in [0.4, 0.5) is 13.2 Å². The number of para-hydroxylation sites is 1. The highest BCUT2D eigenvalue weighted by atomic mass is 19.4. The molecule has 0 spiro atoms. The zero-order chi connectivity index (χ0) is 26.3. The van der Waals surface area contributed by atoms with Crippen LogP contribution in [0.5, 0.6) is 0 Å². The van der Waals surface area contributed by atoms with Gasteiger partial charge >= 0.3 is 11.9 Å². The van der Waals surface area contributed by atoms with Gasteiger partial charge in [-0.25, -0.2) is 9.78 Å². The van der Waals surface area contributed by atoms with E-state index in [2.05, 4.69) is 9.97 Å². The van der Waals surface area contributed by atoms with Crippen LogP contribution in [-0.4, -0.2) is 41.6 Å². The van der Waals surface area contributed by atoms with Crippen LogP contribution in [-0.2, 0) is 11.3 Å². The lowest BCUT2D eigenvalue weighted by atomic mass is 10.1. The van der Waals surface area contributed by atoms with Crippen molar-refractivity contribution in [2.24, 2.45) is 0 Å². The van der Waals surface area contributed by atoms with E-state index >= 15 is 0 Å². The van der Waals surface area contributed by atoms with Crippen LogP contribution in [0.3, 0.4) is 0 Å². The smallest absolute Gasteiger partial charge is 0.343 e. The van der Waals surface area contributed by atoms with E-state index in [0.717, 1.165) is 16.6 Å². The number of hydrogen-bond acceptors (Lipinski definition) is 4. The normalized spacial score (nSPS) is 12.8. The van der Waals surface area contributed by atoms with Crippen LogP contribution in [0.1, 0.15) is 18.9 Å². The van der Waals surface area contributed by atoms with Crippen molar-refractivity contribution in [1.82, 2.24) is 28.8 Å². The Kier molecular flexibility index (Phi) is 6.06. The third kappa shape index (κ3) is 4.37. The fourth-order valence-electron chi connectivity index (χ4n) is 4.51. The van der Waals surface area contributed by atoms with E-state index in [1.165, 1.54) is 16.1 Å². The average molecular weight is 509 g/mol. The van der Waals surface area contributed by atoms with E-state index in [0.29, 0.717) is 22.4 Å². The Morgan fingerprint density at radius 2 is 1.89 bits per heavy atom. The molecule has 37 heavy (non-hydrogen) atoms. The predicted molar refractivity (Wildman–Crippen MR) is 133 cm³/mol. The Hall–Kier alpha value is -4.41. The van der Waals surface area contributed by atoms with E-state index in [9.17, 15) is 22.8 Å². The second kappa shape index (κ2) is 9.23. The van der Waals surface area contributed by atoms with Crippen molar-refractivity contribution in [3.8, 4) is 16.9 Å². The summed E-state index contributed by atoms with van der Waals surface area (Å²) >= 11 is 0. The van der Waals surface area contributed by atoms with Crippen molar-refractivity contribution in [2.75, 3.05) is 0 Å². The number of benzene rings is 1. The summed E-state index contributed by atoms with van der Waals surface area (Å²) < 4.78 is 43.9. The lowest BCUT2D eigenvalue weighted by Crippen LogP contribution is -2.46. The highest BCUT2D eigenvalue weighted by molar-refractivity contribution is 5.84. The summed E-state index contributed by atoms with van der Waals surface area (Å²) in [5, 5.41) is 2.00. The van der Waals surface area contributed by atoms with E-state index in [1.807, 2.05) is 41.0 Å². The summed E-state index contributed by atoms with van der Waals surface area (Å²) in [7, 11) is 0. The number of carbonyl (C=O) groups excluding carboxylic acids is 1. The topological polar surface area (TPSA) is 86.2 Å². The van der Waals surface area contributed by atoms with Gasteiger partial charge in [-0.2, -0.15) is 13.2 Å². The van der Waals surface area contributed by atoms with Gasteiger partial charge in [0, 0.05) is 11.8 Å². The number of amides is 1. The fraction of sp³-hybridized carbons (Fsp3) is 0.231. The largest absolute Gasteiger partial charge is 0.408 e. The van der Waals surface area contributed by atoms with Crippen molar-refractivity contribution >= 4 is 22.5 Å². The van der Waals surface area contributed by atoms with Crippen LogP contribution in [0.25, 0.3) is 33.5 Å². The maximum atomic E-state index is 13.5. The van der Waals surface area contributed by atoms with Crippen LogP contribution in [0, 0.1) is 6.92 Å². The number of alkyl halides is 3. The Balaban J connectivity index is 1.55. The molecular weight excluding hydrogens is 485 g/mol. The van der Waals surface area contributed by atoms with Gasteiger partial charge in [-0.15, -0.1) is 0 Å². The molecule has 8 nitrogen and oxygen atoms in total. The number of hydrogen-bond donors (Lipinski definition) is 1. The monoisotopic (exact) mass is 508 g/mol. The van der Waals surface area contributed by atoms with Crippen LogP contribution < -0.4 is 11.0 Å². The molecule has 4 heterocycles. The van der Waals surface area contributed by atoms with E-state index in [-0.39, 0.29) is 6.42 Å². The number of fused-ring (bicyclic) bond motifs is 2. The van der Waals surface area contributed by atoms with Gasteiger partial charge in [0.2, 0.25) is 5.91 Å². The molecule has 4 aromatic heterocycles. The highest BCUT2D eigenvalue weighted by Gasteiger charge is 2.39. The zero-order valence-corrected chi connectivity index (χ0v) is 20.0. The van der Waals surface area contributed by atoms with Gasteiger partial charge in [0.25, 0.3) is 0 Å². The molecule has 0 aliphatic heterocycles. The minimum atomic E-state index is -4.57. The number of imidazole rings is 2. The molecule has 0 bridgehead atoms. The average Bonchev–Trinajstić information content (AvgIpc) is 3.46. The molecule has 0 radical (unpaired) electrons. The first-order valence-corrected chi connectivity index (χ1v) is 11.6. The molecule has 1 atom stereocenters. The van der Waals surface area contributed by atoms with Gasteiger partial charge < -0.3 is 9.72 Å². The first kappa shape index (κ1) is 24.3. The molecule has 0 aliphatic rings. The lowest BCUT2D eigenvalue weighted by molar-refractivity contribution is -0.162. The van der Waals surface area contributed by atoms with Crippen molar-refractivity contribution < 1.29 is 18.0 Å². The minimum Gasteiger partial charge on any atom is -0.343 e. The standard InChI is InChI=1S/C26H23F3N6O2/c1-3-22(26(27,28)29)32-23(36)14-34-20-8-4-6-16(2)24(20)35(25(34)37)17-9-10-19(31-12-17)18-7-5-11-33-15-30-13-21(18)33/h4-13,15,22H,3,14H2,1-2H3,(H,32,36)/t22-/m0/s1. The predicted octanol–water partition coefficient (Wildman–Crippen LogP) is 4.27. The summed E-state index contributed by atoms with van der Waals surface area (Å²) in [6.45, 7) is 2.61. The molecule has 5 aromatic rings. The Labute approximate surface area is 209 Å². The van der Waals surface area contributed by atoms with Crippen molar-refractivity contribution in [1.29, 1.82) is 0 Å². The molecule has 0 saturated heterocycles. The summed E-state index contributed by atoms with van der Waals surface area (Å²) in [6.07, 6.45) is 1.98. The van der Waals surface area contributed by atoms with Gasteiger partial charge in [-0.05, 0) is 49.2 Å². The number of rotatable bonds is 6. The van der Waals surface area contributed by atoms with Gasteiger partial charge in [0.15, 0.2) is 0 Å². The van der Waals surface area contributed by atoms with Crippen LogP contribution >= 0.6 is 0 Å². The first-order chi connectivity index (χ1) is 17.7. The number of halogens is 3. The first-order valence-electron chi connectivity index (χ1n) is 11.6. The molecule has 0 saturated carbocycles. The molecular formula is C26H23F3N6O2. The fourth-order valence-corrected chi connectivity index (χ4v) is 4.51. The summed E-state index contributed by atoms with van der Waals surface area (Å²) in [5.74, 6) is -0.894. The molecule has 11 heteroatoms. The molecule has 1 N–H and O–H groups in total. The van der Waals surface area contributed by atoms with E-state index in [1.54, 1.807) is 43.0 Å². The SMILES string of the molecule is CC[C@H](NC(=O)Cn1c(=O)n(-c2ccc(-c3cccn4cncc34)nc2)c2c(C)cccc21)C(F)(F)F. The van der Waals surface area contributed by atoms with Gasteiger partial charge in [0.1, 0.15) is 12.6 Å². The number of aryl methyl sites for hydroxylation is 1. The Morgan fingerprint density at radius 1 is 1.08 bits per heavy atom. The molecule has 190 valence electrons. The Morgan fingerprint density at radius 3 is 2.59 bits per heavy atom. The summed E-state index contributed by atoms with van der Waals surface area (Å²) in [4.78, 5) is 34.8. The third-order valence-corrected chi connectivity index (χ3v) is 6.33. The molecule has 5 rings (SSSR count). The second-order valence-corrected chi connectivity index (χ2v) is 8.73. The number of nitrogens with one attached hydrogen (secondary N) is 1. The van der Waals surface area contributed by atoms with Crippen molar-refractivity contribution in [3.05, 3.63) is 83.4 Å². The quantitative estimate of drug-likeness (QED) is 0.371. The number of nitrogens with zero attached hydrogens (tertiary/aromatic N) is 5. The van der Waals surface area contributed by atoms with Crippen molar-refractivity contribution in [2.45, 2.75) is 39.0 Å². The minimum absolute atomic E-state index is 0.309. The molecule has 0 fully saturated rings. The van der Waals surface area contributed by atoms with Gasteiger partial charge in [0.05, 0.1) is 46.7 Å². The second-order valence-electron chi connectivity index (χ2n) is 8.73. The Bertz CT molecular complexity index is 1660. The third-order valence-electron chi connectivity index (χ3n) is 6.33. The molecule has 1 aromatic carbocycles. The number of carbonyl (C=O) groups is 1. The maximum Gasteiger partial charge on any atom is 0.408 e. The van der Waals surface area contributed by atoms with Crippen LogP contribution in [0.15, 0.2) is 72.2 Å².